The number of benzene rings is 1. The topological polar surface area (TPSA) is 79.3 Å². The van der Waals surface area contributed by atoms with Crippen molar-refractivity contribution in [2.75, 3.05) is 0 Å². The molecule has 1 heterocycles. The molecule has 7 heteroatoms. The Kier molecular flexibility index (Phi) is 4.27. The van der Waals surface area contributed by atoms with Gasteiger partial charge in [0, 0.05) is 12.2 Å². The average molecular weight is 313 g/mol. The third kappa shape index (κ3) is 3.27. The molecule has 0 fully saturated rings. The number of phenolic OH excluding ortho intramolecular Hbond substituents is 1. The SMILES string of the molecule is CC(NS(=O)(=O)c1cccnc1Cl)c1cccc(O)c1. The van der Waals surface area contributed by atoms with E-state index in [0.29, 0.717) is 5.56 Å². The van der Waals surface area contributed by atoms with E-state index in [1.807, 2.05) is 0 Å². The highest BCUT2D eigenvalue weighted by atomic mass is 35.5. The van der Waals surface area contributed by atoms with Gasteiger partial charge in [0.1, 0.15) is 15.8 Å². The van der Waals surface area contributed by atoms with E-state index in [2.05, 4.69) is 9.71 Å². The van der Waals surface area contributed by atoms with Gasteiger partial charge in [-0.15, -0.1) is 0 Å². The van der Waals surface area contributed by atoms with Crippen molar-refractivity contribution in [1.82, 2.24) is 9.71 Å². The van der Waals surface area contributed by atoms with Gasteiger partial charge in [0.05, 0.1) is 0 Å². The summed E-state index contributed by atoms with van der Waals surface area (Å²) in [7, 11) is -3.78. The molecule has 0 saturated heterocycles. The van der Waals surface area contributed by atoms with Crippen LogP contribution >= 0.6 is 11.6 Å². The number of sulfonamides is 1. The van der Waals surface area contributed by atoms with Crippen LogP contribution in [0.2, 0.25) is 5.15 Å². The molecule has 0 radical (unpaired) electrons. The van der Waals surface area contributed by atoms with E-state index in [9.17, 15) is 13.5 Å². The quantitative estimate of drug-likeness (QED) is 0.850. The molecule has 0 aliphatic rings. The number of pyridine rings is 1. The summed E-state index contributed by atoms with van der Waals surface area (Å²) < 4.78 is 26.9. The predicted octanol–water partition coefficient (Wildman–Crippen LogP) is 2.48. The molecule has 1 atom stereocenters. The fourth-order valence-electron chi connectivity index (χ4n) is 1.73. The molecule has 0 spiro atoms. The third-order valence-corrected chi connectivity index (χ3v) is 4.70. The van der Waals surface area contributed by atoms with E-state index in [4.69, 9.17) is 11.6 Å². The fourth-order valence-corrected chi connectivity index (χ4v) is 3.41. The van der Waals surface area contributed by atoms with E-state index in [-0.39, 0.29) is 15.8 Å². The first-order valence-corrected chi connectivity index (χ1v) is 7.68. The first-order chi connectivity index (χ1) is 9.40. The number of nitrogens with zero attached hydrogens (tertiary/aromatic N) is 1. The summed E-state index contributed by atoms with van der Waals surface area (Å²) in [6.45, 7) is 1.68. The molecule has 0 aliphatic carbocycles. The summed E-state index contributed by atoms with van der Waals surface area (Å²) in [4.78, 5) is 3.67. The van der Waals surface area contributed by atoms with Crippen LogP contribution in [0.25, 0.3) is 0 Å². The molecule has 106 valence electrons. The van der Waals surface area contributed by atoms with Crippen LogP contribution in [0.1, 0.15) is 18.5 Å². The van der Waals surface area contributed by atoms with Crippen LogP contribution in [0, 0.1) is 0 Å². The Morgan fingerprint density at radius 3 is 2.70 bits per heavy atom. The molecule has 1 aromatic heterocycles. The molecule has 2 rings (SSSR count). The first-order valence-electron chi connectivity index (χ1n) is 5.82. The van der Waals surface area contributed by atoms with Crippen molar-refractivity contribution in [3.8, 4) is 5.75 Å². The highest BCUT2D eigenvalue weighted by molar-refractivity contribution is 7.89. The zero-order valence-electron chi connectivity index (χ0n) is 10.6. The molecule has 1 aromatic carbocycles. The maximum Gasteiger partial charge on any atom is 0.244 e. The monoisotopic (exact) mass is 312 g/mol. The van der Waals surface area contributed by atoms with Gasteiger partial charge in [-0.1, -0.05) is 23.7 Å². The molecule has 0 bridgehead atoms. The van der Waals surface area contributed by atoms with E-state index in [0.717, 1.165) is 0 Å². The molecule has 5 nitrogen and oxygen atoms in total. The number of halogens is 1. The molecule has 0 aliphatic heterocycles. The van der Waals surface area contributed by atoms with Crippen molar-refractivity contribution in [2.24, 2.45) is 0 Å². The Labute approximate surface area is 122 Å². The number of rotatable bonds is 4. The summed E-state index contributed by atoms with van der Waals surface area (Å²) >= 11 is 5.79. The second-order valence-electron chi connectivity index (χ2n) is 4.23. The fraction of sp³-hybridized carbons (Fsp3) is 0.154. The zero-order valence-corrected chi connectivity index (χ0v) is 12.2. The van der Waals surface area contributed by atoms with Crippen molar-refractivity contribution < 1.29 is 13.5 Å². The van der Waals surface area contributed by atoms with Crippen LogP contribution < -0.4 is 4.72 Å². The number of phenols is 1. The third-order valence-electron chi connectivity index (χ3n) is 2.72. The Morgan fingerprint density at radius 2 is 2.05 bits per heavy atom. The van der Waals surface area contributed by atoms with Crippen molar-refractivity contribution in [3.05, 3.63) is 53.3 Å². The van der Waals surface area contributed by atoms with Gasteiger partial charge in [0.25, 0.3) is 0 Å². The first kappa shape index (κ1) is 14.8. The van der Waals surface area contributed by atoms with Crippen LogP contribution in [-0.4, -0.2) is 18.5 Å². The lowest BCUT2D eigenvalue weighted by molar-refractivity contribution is 0.473. The second kappa shape index (κ2) is 5.78. The van der Waals surface area contributed by atoms with Gasteiger partial charge in [-0.3, -0.25) is 0 Å². The van der Waals surface area contributed by atoms with E-state index >= 15 is 0 Å². The maximum atomic E-state index is 12.2. The minimum atomic E-state index is -3.78. The predicted molar refractivity (Wildman–Crippen MR) is 76.1 cm³/mol. The highest BCUT2D eigenvalue weighted by Gasteiger charge is 2.21. The Morgan fingerprint density at radius 1 is 1.30 bits per heavy atom. The molecular weight excluding hydrogens is 300 g/mol. The molecule has 2 N–H and O–H groups in total. The van der Waals surface area contributed by atoms with E-state index in [1.54, 1.807) is 19.1 Å². The van der Waals surface area contributed by atoms with Gasteiger partial charge in [-0.2, -0.15) is 0 Å². The van der Waals surface area contributed by atoms with Crippen LogP contribution in [0.4, 0.5) is 0 Å². The smallest absolute Gasteiger partial charge is 0.244 e. The number of nitrogens with one attached hydrogen (secondary N) is 1. The minimum absolute atomic E-state index is 0.0753. The molecule has 2 aromatic rings. The van der Waals surface area contributed by atoms with Gasteiger partial charge in [-0.05, 0) is 36.8 Å². The average Bonchev–Trinajstić information content (AvgIpc) is 2.38. The summed E-state index contributed by atoms with van der Waals surface area (Å²) in [5.41, 5.74) is 0.647. The number of aromatic hydroxyl groups is 1. The molecule has 20 heavy (non-hydrogen) atoms. The van der Waals surface area contributed by atoms with Gasteiger partial charge in [0.2, 0.25) is 10.0 Å². The largest absolute Gasteiger partial charge is 0.508 e. The Hall–Kier alpha value is -1.63. The lowest BCUT2D eigenvalue weighted by Gasteiger charge is -2.15. The molecule has 0 saturated carbocycles. The number of aromatic nitrogens is 1. The summed E-state index contributed by atoms with van der Waals surface area (Å²) in [6, 6.07) is 8.75. The van der Waals surface area contributed by atoms with Crippen LogP contribution in [0.3, 0.4) is 0 Å². The van der Waals surface area contributed by atoms with Gasteiger partial charge in [-0.25, -0.2) is 18.1 Å². The van der Waals surface area contributed by atoms with Crippen molar-refractivity contribution >= 4 is 21.6 Å². The van der Waals surface area contributed by atoms with Gasteiger partial charge in [0.15, 0.2) is 0 Å². The highest BCUT2D eigenvalue weighted by Crippen LogP contribution is 2.22. The number of hydrogen-bond donors (Lipinski definition) is 2. The zero-order chi connectivity index (χ0) is 14.8. The number of hydrogen-bond acceptors (Lipinski definition) is 4. The summed E-state index contributed by atoms with van der Waals surface area (Å²) in [6.07, 6.45) is 1.42. The van der Waals surface area contributed by atoms with Crippen LogP contribution in [0.5, 0.6) is 5.75 Å². The summed E-state index contributed by atoms with van der Waals surface area (Å²) in [5, 5.41) is 9.33. The molecule has 1 unspecified atom stereocenters. The van der Waals surface area contributed by atoms with E-state index in [1.165, 1.54) is 30.5 Å². The molecular formula is C13H13ClN2O3S. The lowest BCUT2D eigenvalue weighted by atomic mass is 10.1. The summed E-state index contributed by atoms with van der Waals surface area (Å²) in [5.74, 6) is 0.0768. The van der Waals surface area contributed by atoms with Crippen LogP contribution in [0.15, 0.2) is 47.5 Å². The van der Waals surface area contributed by atoms with E-state index < -0.39 is 16.1 Å². The van der Waals surface area contributed by atoms with Crippen molar-refractivity contribution in [3.63, 3.8) is 0 Å². The normalized spacial score (nSPS) is 13.1. The molecule has 0 amide bonds. The second-order valence-corrected chi connectivity index (χ2v) is 6.27. The maximum absolute atomic E-state index is 12.2. The minimum Gasteiger partial charge on any atom is -0.508 e. The standard InChI is InChI=1S/C13H13ClN2O3S/c1-9(10-4-2-5-11(17)8-10)16-20(18,19)12-6-3-7-15-13(12)14/h2-9,16-17H,1H3. The van der Waals surface area contributed by atoms with Crippen molar-refractivity contribution in [2.45, 2.75) is 17.9 Å². The van der Waals surface area contributed by atoms with Gasteiger partial charge >= 0.3 is 0 Å². The lowest BCUT2D eigenvalue weighted by Crippen LogP contribution is -2.27. The van der Waals surface area contributed by atoms with Crippen molar-refractivity contribution in [1.29, 1.82) is 0 Å². The van der Waals surface area contributed by atoms with Gasteiger partial charge < -0.3 is 5.11 Å². The Bertz CT molecular complexity index is 719. The van der Waals surface area contributed by atoms with Crippen LogP contribution in [-0.2, 0) is 10.0 Å². The Balaban J connectivity index is 2.27.